The lowest BCUT2D eigenvalue weighted by molar-refractivity contribution is -0.00605. The van der Waals surface area contributed by atoms with Gasteiger partial charge in [0, 0.05) is 18.5 Å². The standard InChI is InChI=1S/C18H21NO/c20-18(11-16-7-8-17(12-18)19-16)10-13-5-6-14-3-1-2-4-15(14)9-13/h1-6,9,16-17,19-20H,7-8,10-12H2. The topological polar surface area (TPSA) is 32.3 Å². The van der Waals surface area contributed by atoms with E-state index in [-0.39, 0.29) is 0 Å². The van der Waals surface area contributed by atoms with E-state index in [1.807, 2.05) is 0 Å². The van der Waals surface area contributed by atoms with Crippen molar-refractivity contribution in [2.45, 2.75) is 49.8 Å². The summed E-state index contributed by atoms with van der Waals surface area (Å²) in [6, 6.07) is 16.1. The van der Waals surface area contributed by atoms with Crippen LogP contribution >= 0.6 is 0 Å². The Labute approximate surface area is 119 Å². The minimum Gasteiger partial charge on any atom is -0.389 e. The molecule has 2 aliphatic rings. The fraction of sp³-hybridized carbons (Fsp3) is 0.444. The smallest absolute Gasteiger partial charge is 0.0717 e. The summed E-state index contributed by atoms with van der Waals surface area (Å²) in [7, 11) is 0. The van der Waals surface area contributed by atoms with E-state index in [9.17, 15) is 5.11 Å². The number of rotatable bonds is 2. The average molecular weight is 267 g/mol. The van der Waals surface area contributed by atoms with Crippen molar-refractivity contribution in [2.24, 2.45) is 0 Å². The molecule has 4 rings (SSSR count). The van der Waals surface area contributed by atoms with Gasteiger partial charge >= 0.3 is 0 Å². The van der Waals surface area contributed by atoms with Crippen molar-refractivity contribution < 1.29 is 5.11 Å². The van der Waals surface area contributed by atoms with E-state index in [2.05, 4.69) is 47.8 Å². The molecule has 2 aliphatic heterocycles. The molecule has 2 heteroatoms. The molecule has 2 fully saturated rings. The highest BCUT2D eigenvalue weighted by atomic mass is 16.3. The van der Waals surface area contributed by atoms with Gasteiger partial charge in [0.25, 0.3) is 0 Å². The highest BCUT2D eigenvalue weighted by Gasteiger charge is 2.42. The third-order valence-electron chi connectivity index (χ3n) is 4.93. The minimum atomic E-state index is -0.514. The SMILES string of the molecule is OC1(Cc2ccc3ccccc3c2)CC2CCC(C1)N2. The van der Waals surface area contributed by atoms with Crippen LogP contribution in [0.25, 0.3) is 10.8 Å². The Bertz CT molecular complexity index is 624. The first kappa shape index (κ1) is 12.4. The van der Waals surface area contributed by atoms with Gasteiger partial charge in [0.2, 0.25) is 0 Å². The summed E-state index contributed by atoms with van der Waals surface area (Å²) in [4.78, 5) is 0. The molecule has 104 valence electrons. The Morgan fingerprint density at radius 1 is 1.00 bits per heavy atom. The van der Waals surface area contributed by atoms with Gasteiger partial charge in [0.15, 0.2) is 0 Å². The Kier molecular flexibility index (Phi) is 2.83. The zero-order valence-electron chi connectivity index (χ0n) is 11.7. The molecular formula is C18H21NO. The molecule has 2 nitrogen and oxygen atoms in total. The van der Waals surface area contributed by atoms with Crippen molar-refractivity contribution in [2.75, 3.05) is 0 Å². The van der Waals surface area contributed by atoms with Crippen molar-refractivity contribution in [1.29, 1.82) is 0 Å². The molecule has 20 heavy (non-hydrogen) atoms. The second-order valence-electron chi connectivity index (χ2n) is 6.63. The molecule has 2 atom stereocenters. The lowest BCUT2D eigenvalue weighted by atomic mass is 9.82. The Morgan fingerprint density at radius 2 is 1.70 bits per heavy atom. The van der Waals surface area contributed by atoms with E-state index >= 15 is 0 Å². The molecule has 2 heterocycles. The number of aliphatic hydroxyl groups is 1. The fourth-order valence-corrected chi connectivity index (χ4v) is 4.10. The van der Waals surface area contributed by atoms with Crippen LogP contribution in [0.15, 0.2) is 42.5 Å². The van der Waals surface area contributed by atoms with Gasteiger partial charge in [-0.2, -0.15) is 0 Å². The number of hydrogen-bond donors (Lipinski definition) is 2. The third kappa shape index (κ3) is 2.23. The minimum absolute atomic E-state index is 0.514. The molecule has 0 amide bonds. The van der Waals surface area contributed by atoms with Crippen LogP contribution in [0.2, 0.25) is 0 Å². The van der Waals surface area contributed by atoms with Gasteiger partial charge in [-0.3, -0.25) is 0 Å². The molecule has 2 saturated heterocycles. The summed E-state index contributed by atoms with van der Waals surface area (Å²) in [6.45, 7) is 0. The quantitative estimate of drug-likeness (QED) is 0.876. The summed E-state index contributed by atoms with van der Waals surface area (Å²) in [5.74, 6) is 0. The summed E-state index contributed by atoms with van der Waals surface area (Å²) >= 11 is 0. The highest BCUT2D eigenvalue weighted by Crippen LogP contribution is 2.36. The maximum atomic E-state index is 10.9. The number of fused-ring (bicyclic) bond motifs is 3. The monoisotopic (exact) mass is 267 g/mol. The van der Waals surface area contributed by atoms with Crippen LogP contribution in [0.5, 0.6) is 0 Å². The van der Waals surface area contributed by atoms with Crippen LogP contribution in [0, 0.1) is 0 Å². The molecule has 0 radical (unpaired) electrons. The van der Waals surface area contributed by atoms with Gasteiger partial charge in [-0.15, -0.1) is 0 Å². The van der Waals surface area contributed by atoms with Gasteiger partial charge < -0.3 is 10.4 Å². The van der Waals surface area contributed by atoms with Crippen LogP contribution in [-0.2, 0) is 6.42 Å². The van der Waals surface area contributed by atoms with Crippen LogP contribution in [-0.4, -0.2) is 22.8 Å². The van der Waals surface area contributed by atoms with Gasteiger partial charge in [0.05, 0.1) is 5.60 Å². The van der Waals surface area contributed by atoms with E-state index < -0.39 is 5.60 Å². The Morgan fingerprint density at radius 3 is 2.45 bits per heavy atom. The Hall–Kier alpha value is -1.38. The van der Waals surface area contributed by atoms with Crippen molar-refractivity contribution >= 4 is 10.8 Å². The zero-order chi connectivity index (χ0) is 13.6. The summed E-state index contributed by atoms with van der Waals surface area (Å²) in [5.41, 5.74) is 0.743. The van der Waals surface area contributed by atoms with E-state index in [4.69, 9.17) is 0 Å². The second-order valence-corrected chi connectivity index (χ2v) is 6.63. The maximum Gasteiger partial charge on any atom is 0.0717 e. The number of hydrogen-bond acceptors (Lipinski definition) is 2. The first-order valence-corrected chi connectivity index (χ1v) is 7.66. The van der Waals surface area contributed by atoms with E-state index in [0.717, 1.165) is 19.3 Å². The van der Waals surface area contributed by atoms with Gasteiger partial charge in [-0.1, -0.05) is 42.5 Å². The number of nitrogens with one attached hydrogen (secondary N) is 1. The first-order chi connectivity index (χ1) is 9.70. The second kappa shape index (κ2) is 4.57. The van der Waals surface area contributed by atoms with E-state index in [1.54, 1.807) is 0 Å². The molecule has 2 bridgehead atoms. The van der Waals surface area contributed by atoms with Crippen molar-refractivity contribution in [3.63, 3.8) is 0 Å². The molecule has 0 saturated carbocycles. The molecule has 2 unspecified atom stereocenters. The molecule has 0 spiro atoms. The van der Waals surface area contributed by atoms with Crippen LogP contribution in [0.3, 0.4) is 0 Å². The highest BCUT2D eigenvalue weighted by molar-refractivity contribution is 5.83. The van der Waals surface area contributed by atoms with Crippen molar-refractivity contribution in [3.05, 3.63) is 48.0 Å². The predicted octanol–water partition coefficient (Wildman–Crippen LogP) is 3.03. The van der Waals surface area contributed by atoms with Crippen LogP contribution in [0.4, 0.5) is 0 Å². The first-order valence-electron chi connectivity index (χ1n) is 7.66. The van der Waals surface area contributed by atoms with E-state index in [0.29, 0.717) is 12.1 Å². The van der Waals surface area contributed by atoms with Crippen LogP contribution in [0.1, 0.15) is 31.2 Å². The molecule has 0 aromatic heterocycles. The molecule has 2 aromatic rings. The average Bonchev–Trinajstić information content (AvgIpc) is 2.78. The molecular weight excluding hydrogens is 246 g/mol. The van der Waals surface area contributed by atoms with Gasteiger partial charge in [0.1, 0.15) is 0 Å². The fourth-order valence-electron chi connectivity index (χ4n) is 4.10. The number of piperidine rings is 1. The molecule has 2 aromatic carbocycles. The molecule has 0 aliphatic carbocycles. The maximum absolute atomic E-state index is 10.9. The lowest BCUT2D eigenvalue weighted by Crippen LogP contribution is -2.49. The third-order valence-corrected chi connectivity index (χ3v) is 4.93. The largest absolute Gasteiger partial charge is 0.389 e. The van der Waals surface area contributed by atoms with Gasteiger partial charge in [-0.05, 0) is 42.0 Å². The van der Waals surface area contributed by atoms with Gasteiger partial charge in [-0.25, -0.2) is 0 Å². The Balaban J connectivity index is 1.60. The van der Waals surface area contributed by atoms with Crippen molar-refractivity contribution in [1.82, 2.24) is 5.32 Å². The zero-order valence-corrected chi connectivity index (χ0v) is 11.7. The normalized spacial score (nSPS) is 32.6. The number of benzene rings is 2. The van der Waals surface area contributed by atoms with Crippen LogP contribution < -0.4 is 5.32 Å². The summed E-state index contributed by atoms with van der Waals surface area (Å²) in [6.07, 6.45) is 5.04. The van der Waals surface area contributed by atoms with E-state index in [1.165, 1.54) is 29.2 Å². The molecule has 2 N–H and O–H groups in total. The van der Waals surface area contributed by atoms with Crippen molar-refractivity contribution in [3.8, 4) is 0 Å². The lowest BCUT2D eigenvalue weighted by Gasteiger charge is -2.37. The predicted molar refractivity (Wildman–Crippen MR) is 81.8 cm³/mol. The summed E-state index contributed by atoms with van der Waals surface area (Å²) < 4.78 is 0. The summed E-state index contributed by atoms with van der Waals surface area (Å²) in [5, 5.41) is 17.1.